The van der Waals surface area contributed by atoms with Gasteiger partial charge >= 0.3 is 6.09 Å². The van der Waals surface area contributed by atoms with Crippen LogP contribution in [0, 0.1) is 5.92 Å². The summed E-state index contributed by atoms with van der Waals surface area (Å²) >= 11 is 0. The Morgan fingerprint density at radius 2 is 1.94 bits per heavy atom. The number of nitrogens with one attached hydrogen (secondary N) is 1. The molecule has 6 heteroatoms. The fourth-order valence-electron chi connectivity index (χ4n) is 1.22. The first kappa shape index (κ1) is 13.2. The van der Waals surface area contributed by atoms with Gasteiger partial charge in [0, 0.05) is 18.7 Å². The number of amides is 3. The fourth-order valence-corrected chi connectivity index (χ4v) is 1.22. The highest BCUT2D eigenvalue weighted by molar-refractivity contribution is 6.12. The van der Waals surface area contributed by atoms with Gasteiger partial charge < -0.3 is 10.1 Å². The second-order valence-electron chi connectivity index (χ2n) is 4.07. The number of hydrogen-bond donors (Lipinski definition) is 1. The summed E-state index contributed by atoms with van der Waals surface area (Å²) < 4.78 is 4.83. The average Bonchev–Trinajstić information content (AvgIpc) is 2.57. The van der Waals surface area contributed by atoms with Crippen molar-refractivity contribution in [1.82, 2.24) is 10.2 Å². The van der Waals surface area contributed by atoms with Gasteiger partial charge in [0.1, 0.15) is 6.61 Å². The summed E-state index contributed by atoms with van der Waals surface area (Å²) in [5.41, 5.74) is 0. The topological polar surface area (TPSA) is 75.7 Å². The Bertz CT molecular complexity index is 331. The highest BCUT2D eigenvalue weighted by atomic mass is 16.5. The summed E-state index contributed by atoms with van der Waals surface area (Å²) in [7, 11) is 0. The Morgan fingerprint density at radius 3 is 2.47 bits per heavy atom. The smallest absolute Gasteiger partial charge is 0.407 e. The summed E-state index contributed by atoms with van der Waals surface area (Å²) in [6.07, 6.45) is 1.85. The van der Waals surface area contributed by atoms with E-state index < -0.39 is 6.09 Å². The Kier molecular flexibility index (Phi) is 4.68. The molecule has 1 rings (SSSR count). The van der Waals surface area contributed by atoms with E-state index in [2.05, 4.69) is 5.32 Å². The van der Waals surface area contributed by atoms with Crippen LogP contribution >= 0.6 is 0 Å². The first-order valence-electron chi connectivity index (χ1n) is 5.45. The number of alkyl carbamates (subject to hydrolysis) is 1. The lowest BCUT2D eigenvalue weighted by molar-refractivity contribution is -0.137. The normalized spacial score (nSPS) is 14.6. The van der Waals surface area contributed by atoms with Gasteiger partial charge in [-0.05, 0) is 5.92 Å². The molecule has 0 spiro atoms. The van der Waals surface area contributed by atoms with Crippen LogP contribution in [0.25, 0.3) is 0 Å². The lowest BCUT2D eigenvalue weighted by atomic mass is 10.2. The summed E-state index contributed by atoms with van der Waals surface area (Å²) in [4.78, 5) is 34.4. The second-order valence-corrected chi connectivity index (χ2v) is 4.07. The zero-order valence-electron chi connectivity index (χ0n) is 9.93. The molecule has 0 aromatic carbocycles. The van der Waals surface area contributed by atoms with Crippen LogP contribution < -0.4 is 5.32 Å². The van der Waals surface area contributed by atoms with Gasteiger partial charge in [-0.25, -0.2) is 4.79 Å². The van der Waals surface area contributed by atoms with E-state index in [-0.39, 0.29) is 25.0 Å². The van der Waals surface area contributed by atoms with Crippen molar-refractivity contribution in [3.63, 3.8) is 0 Å². The number of nitrogens with zero attached hydrogens (tertiary/aromatic N) is 1. The average molecular weight is 240 g/mol. The second kappa shape index (κ2) is 6.03. The van der Waals surface area contributed by atoms with Crippen LogP contribution in [0.2, 0.25) is 0 Å². The number of ether oxygens (including phenoxy) is 1. The number of rotatable bonds is 5. The van der Waals surface area contributed by atoms with Crippen molar-refractivity contribution in [1.29, 1.82) is 0 Å². The van der Waals surface area contributed by atoms with Crippen LogP contribution in [0.15, 0.2) is 12.2 Å². The van der Waals surface area contributed by atoms with Gasteiger partial charge in [0.2, 0.25) is 0 Å². The summed E-state index contributed by atoms with van der Waals surface area (Å²) in [5, 5.41) is 2.56. The molecule has 1 aliphatic rings. The molecular weight excluding hydrogens is 224 g/mol. The van der Waals surface area contributed by atoms with E-state index >= 15 is 0 Å². The molecule has 1 aliphatic heterocycles. The third-order valence-electron chi connectivity index (χ3n) is 2.10. The number of hydrogen-bond acceptors (Lipinski definition) is 4. The largest absolute Gasteiger partial charge is 0.448 e. The molecule has 6 nitrogen and oxygen atoms in total. The molecule has 0 aromatic heterocycles. The van der Waals surface area contributed by atoms with Crippen LogP contribution in [0.1, 0.15) is 13.8 Å². The highest BCUT2D eigenvalue weighted by Crippen LogP contribution is 2.02. The molecule has 0 fully saturated rings. The van der Waals surface area contributed by atoms with Gasteiger partial charge in [0.25, 0.3) is 11.8 Å². The highest BCUT2D eigenvalue weighted by Gasteiger charge is 2.22. The lowest BCUT2D eigenvalue weighted by Crippen LogP contribution is -2.35. The van der Waals surface area contributed by atoms with Gasteiger partial charge in [-0.2, -0.15) is 0 Å². The maximum Gasteiger partial charge on any atom is 0.407 e. The summed E-state index contributed by atoms with van der Waals surface area (Å²) in [6.45, 7) is 4.55. The summed E-state index contributed by atoms with van der Waals surface area (Å²) in [6, 6.07) is 0. The van der Waals surface area contributed by atoms with Crippen molar-refractivity contribution >= 4 is 17.9 Å². The first-order valence-corrected chi connectivity index (χ1v) is 5.45. The van der Waals surface area contributed by atoms with E-state index in [1.54, 1.807) is 0 Å². The minimum absolute atomic E-state index is 0.00306. The zero-order valence-corrected chi connectivity index (χ0v) is 9.93. The van der Waals surface area contributed by atoms with Crippen molar-refractivity contribution in [2.75, 3.05) is 19.7 Å². The molecule has 94 valence electrons. The van der Waals surface area contributed by atoms with Crippen molar-refractivity contribution < 1.29 is 19.1 Å². The van der Waals surface area contributed by atoms with Crippen molar-refractivity contribution in [3.05, 3.63) is 12.2 Å². The molecule has 0 aliphatic carbocycles. The molecule has 1 N–H and O–H groups in total. The van der Waals surface area contributed by atoms with Crippen LogP contribution in [0.3, 0.4) is 0 Å². The molecule has 0 radical (unpaired) electrons. The molecule has 0 unspecified atom stereocenters. The molecule has 0 aromatic rings. The SMILES string of the molecule is CC(C)CNC(=O)OCCN1C(=O)C=CC1=O. The third-order valence-corrected chi connectivity index (χ3v) is 2.10. The monoisotopic (exact) mass is 240 g/mol. The van der Waals surface area contributed by atoms with Gasteiger partial charge in [-0.3, -0.25) is 14.5 Å². The predicted molar refractivity (Wildman–Crippen MR) is 60.0 cm³/mol. The summed E-state index contributed by atoms with van der Waals surface area (Å²) in [5.74, 6) is -0.407. The molecule has 3 amide bonds. The van der Waals surface area contributed by atoms with E-state index in [1.165, 1.54) is 12.2 Å². The Morgan fingerprint density at radius 1 is 1.35 bits per heavy atom. The Balaban J connectivity index is 2.18. The van der Waals surface area contributed by atoms with Gasteiger partial charge in [0.05, 0.1) is 6.54 Å². The Labute approximate surface area is 99.6 Å². The van der Waals surface area contributed by atoms with E-state index in [4.69, 9.17) is 4.74 Å². The van der Waals surface area contributed by atoms with Crippen molar-refractivity contribution in [2.45, 2.75) is 13.8 Å². The molecule has 0 saturated heterocycles. The number of carbonyl (C=O) groups excluding carboxylic acids is 3. The molecular formula is C11H16N2O4. The van der Waals surface area contributed by atoms with E-state index in [0.717, 1.165) is 4.90 Å². The minimum atomic E-state index is -0.536. The van der Waals surface area contributed by atoms with Crippen LogP contribution in [0.5, 0.6) is 0 Å². The third kappa shape index (κ3) is 4.26. The van der Waals surface area contributed by atoms with Crippen LogP contribution in [-0.4, -0.2) is 42.5 Å². The van der Waals surface area contributed by atoms with Crippen LogP contribution in [0.4, 0.5) is 4.79 Å². The van der Waals surface area contributed by atoms with Crippen LogP contribution in [-0.2, 0) is 14.3 Å². The maximum atomic E-state index is 11.1. The molecule has 0 bridgehead atoms. The minimum Gasteiger partial charge on any atom is -0.448 e. The molecule has 17 heavy (non-hydrogen) atoms. The number of carbonyl (C=O) groups is 3. The quantitative estimate of drug-likeness (QED) is 0.701. The maximum absolute atomic E-state index is 11.1. The van der Waals surface area contributed by atoms with E-state index in [0.29, 0.717) is 12.5 Å². The van der Waals surface area contributed by atoms with E-state index in [9.17, 15) is 14.4 Å². The molecule has 0 atom stereocenters. The standard InChI is InChI=1S/C11H16N2O4/c1-8(2)7-12-11(16)17-6-5-13-9(14)3-4-10(13)15/h3-4,8H,5-7H2,1-2H3,(H,12,16). The van der Waals surface area contributed by atoms with Gasteiger partial charge in [-0.1, -0.05) is 13.8 Å². The number of imide groups is 1. The lowest BCUT2D eigenvalue weighted by Gasteiger charge is -2.14. The fraction of sp³-hybridized carbons (Fsp3) is 0.545. The molecule has 1 heterocycles. The Hall–Kier alpha value is -1.85. The van der Waals surface area contributed by atoms with E-state index in [1.807, 2.05) is 13.8 Å². The molecule has 0 saturated carbocycles. The van der Waals surface area contributed by atoms with Gasteiger partial charge in [0.15, 0.2) is 0 Å². The van der Waals surface area contributed by atoms with Gasteiger partial charge in [-0.15, -0.1) is 0 Å². The predicted octanol–water partition coefficient (Wildman–Crippen LogP) is 0.294. The first-order chi connectivity index (χ1) is 8.00. The zero-order chi connectivity index (χ0) is 12.8. The van der Waals surface area contributed by atoms with Crippen molar-refractivity contribution in [3.8, 4) is 0 Å². The van der Waals surface area contributed by atoms with Crippen molar-refractivity contribution in [2.24, 2.45) is 5.92 Å².